The molecule has 2 amide bonds. The summed E-state index contributed by atoms with van der Waals surface area (Å²) in [5.74, 6) is -1.14. The zero-order valence-electron chi connectivity index (χ0n) is 16.6. The number of ether oxygens (including phenoxy) is 1. The molecule has 0 unspecified atom stereocenters. The summed E-state index contributed by atoms with van der Waals surface area (Å²) in [4.78, 5) is 24.6. The number of benzene rings is 3. The number of rotatable bonds is 7. The van der Waals surface area contributed by atoms with Crippen molar-refractivity contribution in [1.29, 1.82) is 5.26 Å². The van der Waals surface area contributed by atoms with E-state index in [1.54, 1.807) is 48.5 Å². The number of carbonyl (C=O) groups is 2. The molecule has 0 atom stereocenters. The standard InChI is InChI=1S/C24H17ClFN3O3/c25-18-5-9-21(10-6-18)29-24(31)17(14-27)13-16-3-1-2-4-22(16)32-15-23(30)28-20-11-7-19(26)8-12-20/h1-13H,15H2,(H,28,30)(H,29,31)/b17-13-. The van der Waals surface area contributed by atoms with E-state index in [4.69, 9.17) is 16.3 Å². The van der Waals surface area contributed by atoms with Gasteiger partial charge >= 0.3 is 0 Å². The van der Waals surface area contributed by atoms with Gasteiger partial charge in [0.05, 0.1) is 0 Å². The Morgan fingerprint density at radius 3 is 2.28 bits per heavy atom. The van der Waals surface area contributed by atoms with Crippen LogP contribution in [-0.2, 0) is 9.59 Å². The first-order valence-electron chi connectivity index (χ1n) is 9.40. The molecule has 6 nitrogen and oxygen atoms in total. The van der Waals surface area contributed by atoms with E-state index in [1.807, 2.05) is 6.07 Å². The molecule has 3 aromatic carbocycles. The van der Waals surface area contributed by atoms with Gasteiger partial charge in [0.25, 0.3) is 11.8 Å². The van der Waals surface area contributed by atoms with Crippen LogP contribution < -0.4 is 15.4 Å². The molecule has 3 aromatic rings. The van der Waals surface area contributed by atoms with Crippen LogP contribution in [0, 0.1) is 17.1 Å². The van der Waals surface area contributed by atoms with Gasteiger partial charge in [-0.05, 0) is 60.7 Å². The molecule has 0 aliphatic carbocycles. The van der Waals surface area contributed by atoms with Crippen molar-refractivity contribution < 1.29 is 18.7 Å². The number of nitrogens with zero attached hydrogens (tertiary/aromatic N) is 1. The molecule has 0 aliphatic rings. The molecule has 0 heterocycles. The number of nitrogens with one attached hydrogen (secondary N) is 2. The fraction of sp³-hybridized carbons (Fsp3) is 0.0417. The first kappa shape index (κ1) is 22.5. The number of hydrogen-bond acceptors (Lipinski definition) is 4. The van der Waals surface area contributed by atoms with Crippen molar-refractivity contribution in [1.82, 2.24) is 0 Å². The second-order valence-corrected chi connectivity index (χ2v) is 6.95. The van der Waals surface area contributed by atoms with Gasteiger partial charge in [-0.1, -0.05) is 29.8 Å². The lowest BCUT2D eigenvalue weighted by molar-refractivity contribution is -0.118. The van der Waals surface area contributed by atoms with Gasteiger partial charge < -0.3 is 15.4 Å². The van der Waals surface area contributed by atoms with Crippen LogP contribution in [0.25, 0.3) is 6.08 Å². The third-order valence-electron chi connectivity index (χ3n) is 4.17. The second-order valence-electron chi connectivity index (χ2n) is 6.51. The number of halogens is 2. The largest absolute Gasteiger partial charge is 0.483 e. The van der Waals surface area contributed by atoms with E-state index in [2.05, 4.69) is 10.6 Å². The lowest BCUT2D eigenvalue weighted by Crippen LogP contribution is -2.20. The van der Waals surface area contributed by atoms with Gasteiger partial charge in [0, 0.05) is 22.0 Å². The average Bonchev–Trinajstić information content (AvgIpc) is 2.79. The Morgan fingerprint density at radius 1 is 0.969 bits per heavy atom. The highest BCUT2D eigenvalue weighted by molar-refractivity contribution is 6.30. The molecule has 0 aliphatic heterocycles. The Labute approximate surface area is 188 Å². The van der Waals surface area contributed by atoms with Crippen LogP contribution in [0.4, 0.5) is 15.8 Å². The quantitative estimate of drug-likeness (QED) is 0.390. The summed E-state index contributed by atoms with van der Waals surface area (Å²) >= 11 is 5.83. The predicted octanol–water partition coefficient (Wildman–Crippen LogP) is 5.04. The number of nitriles is 1. The molecule has 32 heavy (non-hydrogen) atoms. The molecule has 0 radical (unpaired) electrons. The molecular weight excluding hydrogens is 433 g/mol. The summed E-state index contributed by atoms with van der Waals surface area (Å²) in [6.07, 6.45) is 1.37. The smallest absolute Gasteiger partial charge is 0.266 e. The van der Waals surface area contributed by atoms with E-state index in [9.17, 15) is 19.2 Å². The summed E-state index contributed by atoms with van der Waals surface area (Å²) in [5.41, 5.74) is 1.22. The van der Waals surface area contributed by atoms with E-state index in [1.165, 1.54) is 30.3 Å². The van der Waals surface area contributed by atoms with Gasteiger partial charge in [0.1, 0.15) is 23.2 Å². The summed E-state index contributed by atoms with van der Waals surface area (Å²) in [5, 5.41) is 15.2. The molecule has 0 saturated carbocycles. The van der Waals surface area contributed by atoms with E-state index >= 15 is 0 Å². The Bertz CT molecular complexity index is 1190. The fourth-order valence-electron chi connectivity index (χ4n) is 2.64. The molecule has 0 spiro atoms. The van der Waals surface area contributed by atoms with Gasteiger partial charge in [0.2, 0.25) is 0 Å². The van der Waals surface area contributed by atoms with Crippen molar-refractivity contribution in [3.05, 3.63) is 94.8 Å². The van der Waals surface area contributed by atoms with Crippen molar-refractivity contribution in [2.45, 2.75) is 0 Å². The Morgan fingerprint density at radius 2 is 1.59 bits per heavy atom. The van der Waals surface area contributed by atoms with Gasteiger partial charge in [-0.2, -0.15) is 5.26 Å². The molecule has 8 heteroatoms. The highest BCUT2D eigenvalue weighted by Gasteiger charge is 2.12. The second kappa shape index (κ2) is 10.8. The Balaban J connectivity index is 1.68. The minimum atomic E-state index is -0.598. The van der Waals surface area contributed by atoms with Crippen LogP contribution in [0.15, 0.2) is 78.4 Å². The van der Waals surface area contributed by atoms with Crippen LogP contribution in [0.2, 0.25) is 5.02 Å². The molecular formula is C24H17ClFN3O3. The van der Waals surface area contributed by atoms with Crippen molar-refractivity contribution in [3.63, 3.8) is 0 Å². The Hall–Kier alpha value is -4.15. The topological polar surface area (TPSA) is 91.2 Å². The maximum atomic E-state index is 13.0. The first-order chi connectivity index (χ1) is 15.4. The van der Waals surface area contributed by atoms with Crippen molar-refractivity contribution in [2.24, 2.45) is 0 Å². The number of carbonyl (C=O) groups excluding carboxylic acids is 2. The third-order valence-corrected chi connectivity index (χ3v) is 4.42. The molecule has 160 valence electrons. The number of para-hydroxylation sites is 1. The molecule has 2 N–H and O–H groups in total. The monoisotopic (exact) mass is 449 g/mol. The molecule has 0 fully saturated rings. The molecule has 3 rings (SSSR count). The minimum absolute atomic E-state index is 0.147. The average molecular weight is 450 g/mol. The maximum absolute atomic E-state index is 13.0. The van der Waals surface area contributed by atoms with Crippen LogP contribution in [0.5, 0.6) is 5.75 Å². The first-order valence-corrected chi connectivity index (χ1v) is 9.78. The zero-order chi connectivity index (χ0) is 22.9. The van der Waals surface area contributed by atoms with E-state index < -0.39 is 17.6 Å². The highest BCUT2D eigenvalue weighted by atomic mass is 35.5. The minimum Gasteiger partial charge on any atom is -0.483 e. The van der Waals surface area contributed by atoms with Gasteiger partial charge in [-0.3, -0.25) is 9.59 Å². The Kier molecular flexibility index (Phi) is 7.57. The normalized spacial score (nSPS) is 10.7. The lowest BCUT2D eigenvalue weighted by atomic mass is 10.1. The van der Waals surface area contributed by atoms with Gasteiger partial charge in [-0.15, -0.1) is 0 Å². The molecule has 0 aromatic heterocycles. The number of anilines is 2. The maximum Gasteiger partial charge on any atom is 0.266 e. The number of amides is 2. The van der Waals surface area contributed by atoms with Crippen LogP contribution in [-0.4, -0.2) is 18.4 Å². The van der Waals surface area contributed by atoms with Crippen molar-refractivity contribution >= 4 is 40.9 Å². The highest BCUT2D eigenvalue weighted by Crippen LogP contribution is 2.22. The summed E-state index contributed by atoms with van der Waals surface area (Å²) in [6.45, 7) is -0.318. The van der Waals surface area contributed by atoms with Crippen LogP contribution in [0.3, 0.4) is 0 Å². The lowest BCUT2D eigenvalue weighted by Gasteiger charge is -2.10. The van der Waals surface area contributed by atoms with Gasteiger partial charge in [0.15, 0.2) is 6.61 Å². The van der Waals surface area contributed by atoms with Crippen LogP contribution in [0.1, 0.15) is 5.56 Å². The molecule has 0 saturated heterocycles. The fourth-order valence-corrected chi connectivity index (χ4v) is 2.77. The predicted molar refractivity (Wildman–Crippen MR) is 121 cm³/mol. The van der Waals surface area contributed by atoms with E-state index in [0.29, 0.717) is 27.7 Å². The number of hydrogen-bond donors (Lipinski definition) is 2. The summed E-state index contributed by atoms with van der Waals surface area (Å²) < 4.78 is 18.5. The summed E-state index contributed by atoms with van der Waals surface area (Å²) in [7, 11) is 0. The van der Waals surface area contributed by atoms with E-state index in [-0.39, 0.29) is 12.2 Å². The molecule has 0 bridgehead atoms. The van der Waals surface area contributed by atoms with Gasteiger partial charge in [-0.25, -0.2) is 4.39 Å². The van der Waals surface area contributed by atoms with Crippen molar-refractivity contribution in [3.8, 4) is 11.8 Å². The van der Waals surface area contributed by atoms with E-state index in [0.717, 1.165) is 0 Å². The van der Waals surface area contributed by atoms with Crippen LogP contribution >= 0.6 is 11.6 Å². The van der Waals surface area contributed by atoms with Crippen molar-refractivity contribution in [2.75, 3.05) is 17.2 Å². The third kappa shape index (κ3) is 6.42. The SMILES string of the molecule is N#C/C(=C/c1ccccc1OCC(=O)Nc1ccc(F)cc1)C(=O)Nc1ccc(Cl)cc1. The summed E-state index contributed by atoms with van der Waals surface area (Å²) in [6, 6.07) is 20.3. The zero-order valence-corrected chi connectivity index (χ0v) is 17.4.